The van der Waals surface area contributed by atoms with Gasteiger partial charge in [0.2, 0.25) is 5.91 Å². The molecule has 18 heavy (non-hydrogen) atoms. The van der Waals surface area contributed by atoms with Crippen molar-refractivity contribution in [2.45, 2.75) is 38.5 Å². The summed E-state index contributed by atoms with van der Waals surface area (Å²) in [6, 6.07) is 5.80. The van der Waals surface area contributed by atoms with E-state index < -0.39 is 0 Å². The van der Waals surface area contributed by atoms with Crippen LogP contribution in [-0.2, 0) is 4.79 Å². The number of hydrogen-bond acceptors (Lipinski definition) is 3. The van der Waals surface area contributed by atoms with Gasteiger partial charge in [0.25, 0.3) is 0 Å². The molecule has 1 atom stereocenters. The Morgan fingerprint density at radius 1 is 1.44 bits per heavy atom. The van der Waals surface area contributed by atoms with Gasteiger partial charge in [-0.25, -0.2) is 0 Å². The highest BCUT2D eigenvalue weighted by Crippen LogP contribution is 2.27. The van der Waals surface area contributed by atoms with Crippen LogP contribution in [-0.4, -0.2) is 11.7 Å². The van der Waals surface area contributed by atoms with Crippen molar-refractivity contribution >= 4 is 29.0 Å². The molecule has 1 unspecified atom stereocenters. The van der Waals surface area contributed by atoms with Gasteiger partial charge in [0.1, 0.15) is 0 Å². The Labute approximate surface area is 114 Å². The predicted molar refractivity (Wildman–Crippen MR) is 80.0 cm³/mol. The maximum Gasteiger partial charge on any atom is 0.227 e. The van der Waals surface area contributed by atoms with E-state index in [-0.39, 0.29) is 11.8 Å². The van der Waals surface area contributed by atoms with E-state index in [1.165, 1.54) is 0 Å². The van der Waals surface area contributed by atoms with Crippen LogP contribution in [0.3, 0.4) is 0 Å². The van der Waals surface area contributed by atoms with Gasteiger partial charge in [-0.3, -0.25) is 4.79 Å². The first-order valence-corrected chi connectivity index (χ1v) is 7.40. The van der Waals surface area contributed by atoms with Crippen LogP contribution in [0.1, 0.15) is 33.6 Å². The number of hydrogen-bond donors (Lipinski definition) is 2. The van der Waals surface area contributed by atoms with Gasteiger partial charge in [-0.1, -0.05) is 20.8 Å². The Balaban J connectivity index is 2.77. The van der Waals surface area contributed by atoms with Gasteiger partial charge in [0, 0.05) is 10.8 Å². The molecule has 1 amide bonds. The van der Waals surface area contributed by atoms with Crippen molar-refractivity contribution in [2.75, 3.05) is 16.8 Å². The number of carbonyl (C=O) groups is 1. The molecule has 0 saturated carbocycles. The summed E-state index contributed by atoms with van der Waals surface area (Å²) in [5, 5.41) is 2.90. The lowest BCUT2D eigenvalue weighted by molar-refractivity contribution is -0.119. The Morgan fingerprint density at radius 2 is 2.17 bits per heavy atom. The van der Waals surface area contributed by atoms with Gasteiger partial charge in [0.05, 0.1) is 11.4 Å². The molecule has 0 aliphatic rings. The van der Waals surface area contributed by atoms with E-state index in [1.54, 1.807) is 11.8 Å². The van der Waals surface area contributed by atoms with E-state index in [0.29, 0.717) is 5.69 Å². The Kier molecular flexibility index (Phi) is 6.05. The summed E-state index contributed by atoms with van der Waals surface area (Å²) in [5.74, 6) is 1.11. The van der Waals surface area contributed by atoms with Gasteiger partial charge in [0.15, 0.2) is 0 Å². The minimum absolute atomic E-state index is 0.0105. The van der Waals surface area contributed by atoms with Gasteiger partial charge in [-0.2, -0.15) is 0 Å². The molecule has 0 heterocycles. The first-order valence-electron chi connectivity index (χ1n) is 6.41. The second-order valence-corrected chi connectivity index (χ2v) is 5.56. The average molecular weight is 266 g/mol. The van der Waals surface area contributed by atoms with E-state index in [1.807, 2.05) is 32.0 Å². The maximum atomic E-state index is 11.8. The lowest BCUT2D eigenvalue weighted by Crippen LogP contribution is -2.20. The van der Waals surface area contributed by atoms with Crippen LogP contribution in [0, 0.1) is 5.92 Å². The summed E-state index contributed by atoms with van der Waals surface area (Å²) >= 11 is 1.78. The highest BCUT2D eigenvalue weighted by molar-refractivity contribution is 7.99. The third-order valence-electron chi connectivity index (χ3n) is 2.82. The number of carbonyl (C=O) groups excluding carboxylic acids is 1. The predicted octanol–water partition coefficient (Wildman–Crippen LogP) is 3.76. The molecule has 0 fully saturated rings. The van der Waals surface area contributed by atoms with Gasteiger partial charge >= 0.3 is 0 Å². The van der Waals surface area contributed by atoms with Crippen molar-refractivity contribution in [1.29, 1.82) is 0 Å². The summed E-state index contributed by atoms with van der Waals surface area (Å²) < 4.78 is 0. The number of benzene rings is 1. The molecule has 0 spiro atoms. The molecule has 0 radical (unpaired) electrons. The topological polar surface area (TPSA) is 55.1 Å². The van der Waals surface area contributed by atoms with E-state index in [0.717, 1.165) is 29.2 Å². The minimum atomic E-state index is 0.0105. The monoisotopic (exact) mass is 266 g/mol. The van der Waals surface area contributed by atoms with Crippen LogP contribution in [0.4, 0.5) is 11.4 Å². The lowest BCUT2D eigenvalue weighted by Gasteiger charge is -2.13. The van der Waals surface area contributed by atoms with E-state index in [2.05, 4.69) is 12.2 Å². The third-order valence-corrected chi connectivity index (χ3v) is 4.02. The van der Waals surface area contributed by atoms with Crippen molar-refractivity contribution in [3.8, 4) is 0 Å². The molecule has 1 rings (SSSR count). The van der Waals surface area contributed by atoms with Gasteiger partial charge in [-0.15, -0.1) is 11.8 Å². The first kappa shape index (κ1) is 14.9. The van der Waals surface area contributed by atoms with Crippen molar-refractivity contribution < 1.29 is 4.79 Å². The zero-order valence-corrected chi connectivity index (χ0v) is 12.1. The van der Waals surface area contributed by atoms with E-state index >= 15 is 0 Å². The molecule has 3 nitrogen and oxygen atoms in total. The summed E-state index contributed by atoms with van der Waals surface area (Å²) in [5.41, 5.74) is 7.23. The molecular formula is C14H22N2OS. The fourth-order valence-electron chi connectivity index (χ4n) is 1.39. The number of thioether (sulfide) groups is 1. The zero-order valence-electron chi connectivity index (χ0n) is 11.3. The number of amides is 1. The summed E-state index contributed by atoms with van der Waals surface area (Å²) in [6.07, 6.45) is 1.96. The van der Waals surface area contributed by atoms with Crippen LogP contribution in [0.15, 0.2) is 23.1 Å². The molecule has 1 aromatic rings. The summed E-state index contributed by atoms with van der Waals surface area (Å²) in [6.45, 7) is 6.07. The molecular weight excluding hydrogens is 244 g/mol. The molecule has 0 aromatic heterocycles. The Morgan fingerprint density at radius 3 is 2.78 bits per heavy atom. The van der Waals surface area contributed by atoms with Crippen molar-refractivity contribution in [2.24, 2.45) is 5.92 Å². The lowest BCUT2D eigenvalue weighted by atomic mass is 10.1. The smallest absolute Gasteiger partial charge is 0.227 e. The molecule has 1 aromatic carbocycles. The molecule has 0 saturated heterocycles. The van der Waals surface area contributed by atoms with Crippen molar-refractivity contribution in [3.63, 3.8) is 0 Å². The number of nitrogen functional groups attached to an aromatic ring is 1. The van der Waals surface area contributed by atoms with E-state index in [9.17, 15) is 4.79 Å². The molecule has 0 bridgehead atoms. The normalized spacial score (nSPS) is 12.2. The number of nitrogens with two attached hydrogens (primary N) is 1. The minimum Gasteiger partial charge on any atom is -0.397 e. The zero-order chi connectivity index (χ0) is 13.5. The fraction of sp³-hybridized carbons (Fsp3) is 0.500. The Hall–Kier alpha value is -1.16. The summed E-state index contributed by atoms with van der Waals surface area (Å²) in [7, 11) is 0. The standard InChI is InChI=1S/C14H22N2OS/c1-4-8-18-11-6-7-12(15)13(9-11)16-14(17)10(3)5-2/h6-7,9-10H,4-5,8,15H2,1-3H3,(H,16,17). The number of nitrogens with one attached hydrogen (secondary N) is 1. The van der Waals surface area contributed by atoms with E-state index in [4.69, 9.17) is 5.73 Å². The quantitative estimate of drug-likeness (QED) is 0.609. The average Bonchev–Trinajstić information content (AvgIpc) is 2.38. The molecule has 0 aliphatic heterocycles. The van der Waals surface area contributed by atoms with Crippen LogP contribution in [0.2, 0.25) is 0 Å². The van der Waals surface area contributed by atoms with Gasteiger partial charge in [-0.05, 0) is 36.8 Å². The maximum absolute atomic E-state index is 11.8. The first-order chi connectivity index (χ1) is 8.58. The van der Waals surface area contributed by atoms with Crippen molar-refractivity contribution in [1.82, 2.24) is 0 Å². The largest absolute Gasteiger partial charge is 0.397 e. The highest BCUT2D eigenvalue weighted by atomic mass is 32.2. The molecule has 4 heteroatoms. The molecule has 100 valence electrons. The van der Waals surface area contributed by atoms with Gasteiger partial charge < -0.3 is 11.1 Å². The van der Waals surface area contributed by atoms with Crippen molar-refractivity contribution in [3.05, 3.63) is 18.2 Å². The number of anilines is 2. The second-order valence-electron chi connectivity index (χ2n) is 4.40. The SMILES string of the molecule is CCCSc1ccc(N)c(NC(=O)C(C)CC)c1. The molecule has 3 N–H and O–H groups in total. The summed E-state index contributed by atoms with van der Waals surface area (Å²) in [4.78, 5) is 13.0. The third kappa shape index (κ3) is 4.26. The second kappa shape index (κ2) is 7.31. The molecule has 0 aliphatic carbocycles. The van der Waals surface area contributed by atoms with Crippen LogP contribution in [0.5, 0.6) is 0 Å². The van der Waals surface area contributed by atoms with Crippen LogP contribution >= 0.6 is 11.8 Å². The fourth-order valence-corrected chi connectivity index (χ4v) is 2.20. The van der Waals surface area contributed by atoms with Crippen LogP contribution < -0.4 is 11.1 Å². The number of rotatable bonds is 6. The Bertz CT molecular complexity index is 407. The highest BCUT2D eigenvalue weighted by Gasteiger charge is 2.12. The van der Waals surface area contributed by atoms with Crippen LogP contribution in [0.25, 0.3) is 0 Å².